The number of benzene rings is 1. The molecule has 1 N–H and O–H groups in total. The molecule has 0 aliphatic rings. The van der Waals surface area contributed by atoms with Crippen LogP contribution in [0.25, 0.3) is 0 Å². The van der Waals surface area contributed by atoms with Crippen LogP contribution in [-0.2, 0) is 4.74 Å². The van der Waals surface area contributed by atoms with Crippen LogP contribution in [0.1, 0.15) is 42.9 Å². The molecular formula is C19H25F2N3O3. The fourth-order valence-electron chi connectivity index (χ4n) is 2.39. The number of hydrogen-bond acceptors (Lipinski definition) is 5. The van der Waals surface area contributed by atoms with Gasteiger partial charge in [-0.15, -0.1) is 0 Å². The van der Waals surface area contributed by atoms with E-state index in [4.69, 9.17) is 9.47 Å². The maximum Gasteiger partial charge on any atom is 0.276 e. The highest BCUT2D eigenvalue weighted by Gasteiger charge is 2.19. The van der Waals surface area contributed by atoms with Gasteiger partial charge in [0.2, 0.25) is 5.88 Å². The second-order valence-corrected chi connectivity index (χ2v) is 6.14. The molecule has 8 heteroatoms. The van der Waals surface area contributed by atoms with Crippen LogP contribution in [-0.4, -0.2) is 42.4 Å². The summed E-state index contributed by atoms with van der Waals surface area (Å²) in [6.07, 6.45) is 0.129. The number of ether oxygens (including phenoxy) is 2. The Morgan fingerprint density at radius 3 is 2.70 bits per heavy atom. The number of alkyl halides is 1. The molecular weight excluding hydrogens is 356 g/mol. The lowest BCUT2D eigenvalue weighted by Crippen LogP contribution is -2.17. The molecule has 27 heavy (non-hydrogen) atoms. The summed E-state index contributed by atoms with van der Waals surface area (Å²) in [5, 5.41) is 2.64. The summed E-state index contributed by atoms with van der Waals surface area (Å²) in [4.78, 5) is 20.7. The Hall–Kier alpha value is -2.61. The molecule has 1 heterocycles. The van der Waals surface area contributed by atoms with Gasteiger partial charge in [-0.25, -0.2) is 18.7 Å². The van der Waals surface area contributed by atoms with Crippen molar-refractivity contribution in [3.8, 4) is 5.88 Å². The largest absolute Gasteiger partial charge is 0.474 e. The number of aryl methyl sites for hydroxylation is 1. The van der Waals surface area contributed by atoms with E-state index >= 15 is 0 Å². The molecule has 1 aromatic carbocycles. The molecule has 1 aromatic heterocycles. The van der Waals surface area contributed by atoms with Gasteiger partial charge in [-0.05, 0) is 37.6 Å². The summed E-state index contributed by atoms with van der Waals surface area (Å²) in [5.74, 6) is -1.36. The number of rotatable bonds is 8. The van der Waals surface area contributed by atoms with Gasteiger partial charge in [-0.2, -0.15) is 0 Å². The molecule has 2 aromatic rings. The third-order valence-electron chi connectivity index (χ3n) is 4.11. The highest BCUT2D eigenvalue weighted by atomic mass is 19.1. The Kier molecular flexibility index (Phi) is 7.18. The van der Waals surface area contributed by atoms with E-state index in [1.807, 2.05) is 0 Å². The highest BCUT2D eigenvalue weighted by Crippen LogP contribution is 2.27. The lowest BCUT2D eigenvalue weighted by atomic mass is 9.96. The van der Waals surface area contributed by atoms with Crippen LogP contribution in [0.15, 0.2) is 24.4 Å². The van der Waals surface area contributed by atoms with E-state index in [-0.39, 0.29) is 18.6 Å². The van der Waals surface area contributed by atoms with Gasteiger partial charge < -0.3 is 14.8 Å². The SMILES string of the molecule is COCCOc1cnc(C(=O)Nc2ccc(F)c(C(C)C(C)F)c2)c(C)n1.[HH]. The number of halogens is 2. The zero-order valence-electron chi connectivity index (χ0n) is 15.8. The molecule has 0 fully saturated rings. The first-order valence-electron chi connectivity index (χ1n) is 8.53. The van der Waals surface area contributed by atoms with Crippen molar-refractivity contribution < 1.29 is 24.5 Å². The van der Waals surface area contributed by atoms with Crippen molar-refractivity contribution in [3.63, 3.8) is 0 Å². The van der Waals surface area contributed by atoms with Gasteiger partial charge in [0.25, 0.3) is 5.91 Å². The fraction of sp³-hybridized carbons (Fsp3) is 0.421. The number of methoxy groups -OCH3 is 1. The molecule has 0 aliphatic heterocycles. The van der Waals surface area contributed by atoms with E-state index in [9.17, 15) is 13.6 Å². The van der Waals surface area contributed by atoms with E-state index in [0.717, 1.165) is 0 Å². The predicted molar refractivity (Wildman–Crippen MR) is 99.6 cm³/mol. The van der Waals surface area contributed by atoms with Gasteiger partial charge in [0.15, 0.2) is 0 Å². The number of hydrogen-bond donors (Lipinski definition) is 1. The second-order valence-electron chi connectivity index (χ2n) is 6.14. The van der Waals surface area contributed by atoms with Crippen molar-refractivity contribution in [2.24, 2.45) is 0 Å². The Morgan fingerprint density at radius 2 is 2.07 bits per heavy atom. The van der Waals surface area contributed by atoms with Gasteiger partial charge in [0.1, 0.15) is 24.3 Å². The maximum absolute atomic E-state index is 14.0. The lowest BCUT2D eigenvalue weighted by Gasteiger charge is -2.16. The molecule has 6 nitrogen and oxygen atoms in total. The normalized spacial score (nSPS) is 13.1. The molecule has 0 spiro atoms. The van der Waals surface area contributed by atoms with E-state index < -0.39 is 23.8 Å². The average Bonchev–Trinajstić information content (AvgIpc) is 2.63. The summed E-state index contributed by atoms with van der Waals surface area (Å²) < 4.78 is 37.7. The highest BCUT2D eigenvalue weighted by molar-refractivity contribution is 6.03. The van der Waals surface area contributed by atoms with Crippen LogP contribution in [0, 0.1) is 12.7 Å². The number of carbonyl (C=O) groups is 1. The first kappa shape index (κ1) is 20.7. The minimum absolute atomic E-state index is 0. The van der Waals surface area contributed by atoms with E-state index in [1.54, 1.807) is 21.0 Å². The summed E-state index contributed by atoms with van der Waals surface area (Å²) in [5.41, 5.74) is 1.06. The molecule has 148 valence electrons. The quantitative estimate of drug-likeness (QED) is 0.702. The van der Waals surface area contributed by atoms with Crippen molar-refractivity contribution >= 4 is 11.6 Å². The van der Waals surface area contributed by atoms with Crippen molar-refractivity contribution in [1.29, 1.82) is 0 Å². The third kappa shape index (κ3) is 5.43. The molecule has 2 unspecified atom stereocenters. The van der Waals surface area contributed by atoms with Crippen molar-refractivity contribution in [3.05, 3.63) is 47.2 Å². The van der Waals surface area contributed by atoms with Gasteiger partial charge in [-0.1, -0.05) is 6.92 Å². The molecule has 0 aliphatic carbocycles. The Balaban J connectivity index is 0.00000392. The molecule has 2 atom stereocenters. The number of carbonyl (C=O) groups excluding carboxylic acids is 1. The first-order chi connectivity index (χ1) is 12.8. The first-order valence-corrected chi connectivity index (χ1v) is 8.53. The van der Waals surface area contributed by atoms with Crippen molar-refractivity contribution in [1.82, 2.24) is 9.97 Å². The Morgan fingerprint density at radius 1 is 1.33 bits per heavy atom. The Bertz CT molecular complexity index is 806. The molecule has 1 amide bonds. The summed E-state index contributed by atoms with van der Waals surface area (Å²) in [6.45, 7) is 5.32. The van der Waals surface area contributed by atoms with Gasteiger partial charge in [0, 0.05) is 20.1 Å². The average molecular weight is 381 g/mol. The number of amides is 1. The number of nitrogens with one attached hydrogen (secondary N) is 1. The van der Waals surface area contributed by atoms with Gasteiger partial charge >= 0.3 is 0 Å². The van der Waals surface area contributed by atoms with Gasteiger partial charge in [0.05, 0.1) is 18.5 Å². The number of anilines is 1. The van der Waals surface area contributed by atoms with Crippen LogP contribution in [0.5, 0.6) is 5.88 Å². The topological polar surface area (TPSA) is 73.3 Å². The maximum atomic E-state index is 14.0. The van der Waals surface area contributed by atoms with Crippen molar-refractivity contribution in [2.75, 3.05) is 25.6 Å². The second kappa shape index (κ2) is 9.36. The molecule has 0 bridgehead atoms. The van der Waals surface area contributed by atoms with Crippen LogP contribution < -0.4 is 10.1 Å². The molecule has 0 saturated heterocycles. The smallest absolute Gasteiger partial charge is 0.276 e. The van der Waals surface area contributed by atoms with Crippen LogP contribution in [0.4, 0.5) is 14.5 Å². The molecule has 2 rings (SSSR count). The zero-order valence-corrected chi connectivity index (χ0v) is 15.8. The van der Waals surface area contributed by atoms with Crippen LogP contribution >= 0.6 is 0 Å². The standard InChI is InChI=1S/C19H23F2N3O3.H2/c1-11(12(2)20)15-9-14(5-6-16(15)21)24-19(25)18-13(3)23-17(10-22-18)27-8-7-26-4;/h5-6,9-12H,7-8H2,1-4H3,(H,24,25);1H. The minimum atomic E-state index is -1.22. The monoisotopic (exact) mass is 381 g/mol. The van der Waals surface area contributed by atoms with Gasteiger partial charge in [-0.3, -0.25) is 4.79 Å². The summed E-state index contributed by atoms with van der Waals surface area (Å²) in [7, 11) is 1.56. The van der Waals surface area contributed by atoms with Crippen LogP contribution in [0.3, 0.4) is 0 Å². The zero-order chi connectivity index (χ0) is 20.0. The molecule has 0 radical (unpaired) electrons. The summed E-state index contributed by atoms with van der Waals surface area (Å²) >= 11 is 0. The van der Waals surface area contributed by atoms with Crippen molar-refractivity contribution in [2.45, 2.75) is 32.9 Å². The van der Waals surface area contributed by atoms with Crippen LogP contribution in [0.2, 0.25) is 0 Å². The number of aromatic nitrogens is 2. The third-order valence-corrected chi connectivity index (χ3v) is 4.11. The van der Waals surface area contributed by atoms with E-state index in [1.165, 1.54) is 31.3 Å². The lowest BCUT2D eigenvalue weighted by molar-refractivity contribution is 0.102. The predicted octanol–water partition coefficient (Wildman–Crippen LogP) is 3.91. The number of nitrogens with zero attached hydrogens (tertiary/aromatic N) is 2. The van der Waals surface area contributed by atoms with E-state index in [0.29, 0.717) is 24.6 Å². The fourth-order valence-corrected chi connectivity index (χ4v) is 2.39. The Labute approximate surface area is 158 Å². The summed E-state index contributed by atoms with van der Waals surface area (Å²) in [6, 6.07) is 4.05. The van der Waals surface area contributed by atoms with E-state index in [2.05, 4.69) is 15.3 Å². The molecule has 0 saturated carbocycles. The minimum Gasteiger partial charge on any atom is -0.474 e.